The van der Waals surface area contributed by atoms with E-state index in [9.17, 15) is 4.39 Å². The summed E-state index contributed by atoms with van der Waals surface area (Å²) in [6, 6.07) is 0.227. The van der Waals surface area contributed by atoms with E-state index < -0.39 is 11.5 Å². The zero-order valence-electron chi connectivity index (χ0n) is 13.3. The Bertz CT molecular complexity index is 459. The van der Waals surface area contributed by atoms with Gasteiger partial charge in [-0.1, -0.05) is 6.08 Å². The number of fused-ring (bicyclic) bond motifs is 1. The van der Waals surface area contributed by atoms with E-state index in [1.165, 1.54) is 5.57 Å². The second kappa shape index (κ2) is 6.94. The van der Waals surface area contributed by atoms with Gasteiger partial charge in [0.25, 0.3) is 0 Å². The van der Waals surface area contributed by atoms with E-state index in [0.29, 0.717) is 18.9 Å². The number of nitrogens with one attached hydrogen (secondary N) is 3. The van der Waals surface area contributed by atoms with E-state index in [4.69, 9.17) is 16.3 Å². The van der Waals surface area contributed by atoms with Crippen molar-refractivity contribution in [2.45, 2.75) is 49.1 Å². The van der Waals surface area contributed by atoms with E-state index in [-0.39, 0.29) is 18.3 Å². The number of alkyl halides is 2. The minimum absolute atomic E-state index is 0.0156. The highest BCUT2D eigenvalue weighted by Gasteiger charge is 2.53. The van der Waals surface area contributed by atoms with Crippen LogP contribution in [0.3, 0.4) is 0 Å². The van der Waals surface area contributed by atoms with Crippen molar-refractivity contribution in [3.63, 3.8) is 0 Å². The molecule has 2 saturated heterocycles. The zero-order valence-corrected chi connectivity index (χ0v) is 14.1. The topological polar surface area (TPSA) is 48.6 Å². The van der Waals surface area contributed by atoms with Crippen molar-refractivity contribution in [3.8, 4) is 0 Å². The quantitative estimate of drug-likeness (QED) is 0.510. The largest absolute Gasteiger partial charge is 0.359 e. The molecule has 130 valence electrons. The molecule has 3 aliphatic heterocycles. The summed E-state index contributed by atoms with van der Waals surface area (Å²) in [5.41, 5.74) is 5.02. The van der Waals surface area contributed by atoms with Crippen LogP contribution in [0.4, 0.5) is 4.39 Å². The number of nitrogens with zero attached hydrogens (tertiary/aromatic N) is 1. The highest BCUT2D eigenvalue weighted by molar-refractivity contribution is 6.21. The lowest BCUT2D eigenvalue weighted by molar-refractivity contribution is -0.110. The molecule has 0 spiro atoms. The zero-order chi connectivity index (χ0) is 15.8. The lowest BCUT2D eigenvalue weighted by Crippen LogP contribution is -2.58. The molecule has 0 radical (unpaired) electrons. The number of halogens is 2. The minimum Gasteiger partial charge on any atom is -0.359 e. The first-order valence-electron chi connectivity index (χ1n) is 8.80. The van der Waals surface area contributed by atoms with Gasteiger partial charge in [-0.2, -0.15) is 0 Å². The average molecular weight is 345 g/mol. The molecule has 4 rings (SSSR count). The molecular weight excluding hydrogens is 319 g/mol. The summed E-state index contributed by atoms with van der Waals surface area (Å²) in [6.45, 7) is 4.24. The van der Waals surface area contributed by atoms with Gasteiger partial charge in [0.05, 0.1) is 18.0 Å². The lowest BCUT2D eigenvalue weighted by atomic mass is 9.77. The fourth-order valence-electron chi connectivity index (χ4n) is 4.46. The van der Waals surface area contributed by atoms with Crippen LogP contribution in [-0.4, -0.2) is 67.7 Å². The maximum Gasteiger partial charge on any atom is 0.135 e. The first-order chi connectivity index (χ1) is 11.3. The van der Waals surface area contributed by atoms with Crippen molar-refractivity contribution < 1.29 is 9.13 Å². The summed E-state index contributed by atoms with van der Waals surface area (Å²) >= 11 is 6.52. The van der Waals surface area contributed by atoms with Crippen molar-refractivity contribution in [3.05, 3.63) is 11.6 Å². The maximum atomic E-state index is 14.3. The van der Waals surface area contributed by atoms with Crippen LogP contribution < -0.4 is 16.1 Å². The van der Waals surface area contributed by atoms with Gasteiger partial charge < -0.3 is 15.4 Å². The first-order valence-corrected chi connectivity index (χ1v) is 9.24. The maximum absolute atomic E-state index is 14.3. The summed E-state index contributed by atoms with van der Waals surface area (Å²) in [5.74, 6) is 0.348. The number of rotatable bonds is 2. The predicted molar refractivity (Wildman–Crippen MR) is 88.0 cm³/mol. The summed E-state index contributed by atoms with van der Waals surface area (Å²) < 4.78 is 20.2. The number of ether oxygens (including phenoxy) is 1. The van der Waals surface area contributed by atoms with Crippen LogP contribution in [0.15, 0.2) is 11.6 Å². The van der Waals surface area contributed by atoms with Gasteiger partial charge in [-0.15, -0.1) is 11.6 Å². The van der Waals surface area contributed by atoms with Crippen LogP contribution >= 0.6 is 11.6 Å². The SMILES string of the molecule is FC1CCC2C(C3=CCCNC3)NN(C3CNCCO3)C2C1Cl. The monoisotopic (exact) mass is 344 g/mol. The Morgan fingerprint density at radius 2 is 2.17 bits per heavy atom. The molecule has 23 heavy (non-hydrogen) atoms. The molecule has 7 heteroatoms. The van der Waals surface area contributed by atoms with Crippen molar-refractivity contribution in [1.82, 2.24) is 21.1 Å². The fraction of sp³-hybridized carbons (Fsp3) is 0.875. The second-order valence-electron chi connectivity index (χ2n) is 6.98. The molecule has 5 nitrogen and oxygen atoms in total. The third kappa shape index (κ3) is 3.05. The number of morpholine rings is 1. The van der Waals surface area contributed by atoms with E-state index in [2.05, 4.69) is 27.1 Å². The molecule has 0 aromatic rings. The smallest absolute Gasteiger partial charge is 0.135 e. The molecule has 3 fully saturated rings. The molecule has 1 saturated carbocycles. The standard InChI is InChI=1S/C16H26ClFN4O/c17-14-12(18)4-3-11-15(10-2-1-5-19-8-10)21-22(16(11)14)13-9-20-6-7-23-13/h2,11-16,19-21H,1,3-9H2. The van der Waals surface area contributed by atoms with Crippen molar-refractivity contribution >= 4 is 11.6 Å². The average Bonchev–Trinajstić information content (AvgIpc) is 3.00. The Kier molecular flexibility index (Phi) is 4.90. The van der Waals surface area contributed by atoms with Gasteiger partial charge in [0.1, 0.15) is 12.4 Å². The second-order valence-corrected chi connectivity index (χ2v) is 7.48. The van der Waals surface area contributed by atoms with E-state index in [1.54, 1.807) is 0 Å². The number of hydrogen-bond acceptors (Lipinski definition) is 5. The summed E-state index contributed by atoms with van der Waals surface area (Å²) in [7, 11) is 0. The summed E-state index contributed by atoms with van der Waals surface area (Å²) in [6.07, 6.45) is 3.81. The minimum atomic E-state index is -0.934. The van der Waals surface area contributed by atoms with E-state index >= 15 is 0 Å². The Hall–Kier alpha value is -0.240. The Morgan fingerprint density at radius 3 is 2.91 bits per heavy atom. The molecule has 0 amide bonds. The molecule has 0 bridgehead atoms. The van der Waals surface area contributed by atoms with Gasteiger partial charge >= 0.3 is 0 Å². The van der Waals surface area contributed by atoms with Gasteiger partial charge in [0, 0.05) is 25.7 Å². The normalized spacial score (nSPS) is 45.6. The highest BCUT2D eigenvalue weighted by Crippen LogP contribution is 2.42. The Balaban J connectivity index is 1.59. The van der Waals surface area contributed by atoms with E-state index in [1.807, 2.05) is 0 Å². The summed E-state index contributed by atoms with van der Waals surface area (Å²) in [5, 5.41) is 8.43. The molecule has 0 aromatic carbocycles. The third-order valence-electron chi connectivity index (χ3n) is 5.60. The van der Waals surface area contributed by atoms with Crippen LogP contribution in [0, 0.1) is 5.92 Å². The lowest BCUT2D eigenvalue weighted by Gasteiger charge is -2.41. The summed E-state index contributed by atoms with van der Waals surface area (Å²) in [4.78, 5) is 0. The molecule has 6 atom stereocenters. The van der Waals surface area contributed by atoms with Crippen LogP contribution in [0.2, 0.25) is 0 Å². The van der Waals surface area contributed by atoms with Crippen LogP contribution in [0.25, 0.3) is 0 Å². The van der Waals surface area contributed by atoms with Gasteiger partial charge in [-0.3, -0.25) is 0 Å². The molecule has 3 heterocycles. The van der Waals surface area contributed by atoms with Gasteiger partial charge in [-0.25, -0.2) is 14.8 Å². The fourth-order valence-corrected chi connectivity index (χ4v) is 4.90. The molecular formula is C16H26ClFN4O. The number of hydrazine groups is 1. The van der Waals surface area contributed by atoms with Gasteiger partial charge in [0.2, 0.25) is 0 Å². The predicted octanol–water partition coefficient (Wildman–Crippen LogP) is 0.765. The highest BCUT2D eigenvalue weighted by atomic mass is 35.5. The molecule has 6 unspecified atom stereocenters. The van der Waals surface area contributed by atoms with Crippen molar-refractivity contribution in [1.29, 1.82) is 0 Å². The van der Waals surface area contributed by atoms with Crippen LogP contribution in [0.5, 0.6) is 0 Å². The van der Waals surface area contributed by atoms with Crippen molar-refractivity contribution in [2.75, 3.05) is 32.8 Å². The van der Waals surface area contributed by atoms with Crippen molar-refractivity contribution in [2.24, 2.45) is 5.92 Å². The van der Waals surface area contributed by atoms with Crippen LogP contribution in [-0.2, 0) is 4.74 Å². The van der Waals surface area contributed by atoms with Crippen LogP contribution in [0.1, 0.15) is 19.3 Å². The van der Waals surface area contributed by atoms with E-state index in [0.717, 1.165) is 39.0 Å². The molecule has 0 aromatic heterocycles. The first kappa shape index (κ1) is 16.2. The van der Waals surface area contributed by atoms with Gasteiger partial charge in [-0.05, 0) is 37.3 Å². The molecule has 1 aliphatic carbocycles. The van der Waals surface area contributed by atoms with Gasteiger partial charge in [0.15, 0.2) is 0 Å². The third-order valence-corrected chi connectivity index (χ3v) is 6.13. The molecule has 3 N–H and O–H groups in total. The Morgan fingerprint density at radius 1 is 1.26 bits per heavy atom. The molecule has 4 aliphatic rings. The number of hydrogen-bond donors (Lipinski definition) is 3. The Labute approximate surface area is 141 Å².